The van der Waals surface area contributed by atoms with Gasteiger partial charge in [-0.3, -0.25) is 4.79 Å². The maximum absolute atomic E-state index is 12.1. The fourth-order valence-corrected chi connectivity index (χ4v) is 2.55. The molecule has 1 nitrogen and oxygen atoms in total. The molecule has 2 rings (SSSR count). The fraction of sp³-hybridized carbons (Fsp3) is 0.188. The summed E-state index contributed by atoms with van der Waals surface area (Å²) in [6.45, 7) is 0. The summed E-state index contributed by atoms with van der Waals surface area (Å²) >= 11 is 9.45. The summed E-state index contributed by atoms with van der Waals surface area (Å²) in [6, 6.07) is 15.6. The highest BCUT2D eigenvalue weighted by Crippen LogP contribution is 2.27. The highest BCUT2D eigenvalue weighted by molar-refractivity contribution is 9.10. The van der Waals surface area contributed by atoms with Crippen LogP contribution in [0.4, 0.5) is 0 Å². The SMILES string of the molecule is O=C(CCCc1ccccc1)c1cccc(Br)c1Cl. The molecule has 0 aliphatic rings. The Morgan fingerprint density at radius 1 is 1.05 bits per heavy atom. The molecule has 19 heavy (non-hydrogen) atoms. The number of rotatable bonds is 5. The zero-order valence-corrected chi connectivity index (χ0v) is 12.7. The molecule has 0 radical (unpaired) electrons. The Kier molecular flexibility index (Phi) is 5.17. The number of ketones is 1. The molecule has 3 heteroatoms. The highest BCUT2D eigenvalue weighted by atomic mass is 79.9. The number of hydrogen-bond acceptors (Lipinski definition) is 1. The normalized spacial score (nSPS) is 10.4. The summed E-state index contributed by atoms with van der Waals surface area (Å²) in [4.78, 5) is 12.1. The van der Waals surface area contributed by atoms with Gasteiger partial charge in [0.15, 0.2) is 5.78 Å². The van der Waals surface area contributed by atoms with Gasteiger partial charge in [-0.15, -0.1) is 0 Å². The van der Waals surface area contributed by atoms with E-state index in [0.29, 0.717) is 17.0 Å². The second-order valence-electron chi connectivity index (χ2n) is 4.36. The third kappa shape index (κ3) is 3.92. The van der Waals surface area contributed by atoms with Crippen LogP contribution in [0.2, 0.25) is 5.02 Å². The monoisotopic (exact) mass is 336 g/mol. The standard InChI is InChI=1S/C16H14BrClO/c17-14-10-5-9-13(16(14)18)15(19)11-4-8-12-6-2-1-3-7-12/h1-3,5-7,9-10H,4,8,11H2. The summed E-state index contributed by atoms with van der Waals surface area (Å²) in [5.41, 5.74) is 1.86. The number of halogens is 2. The van der Waals surface area contributed by atoms with E-state index in [1.54, 1.807) is 6.07 Å². The number of benzene rings is 2. The predicted molar refractivity (Wildman–Crippen MR) is 82.9 cm³/mol. The lowest BCUT2D eigenvalue weighted by Gasteiger charge is -2.05. The first-order valence-electron chi connectivity index (χ1n) is 6.19. The topological polar surface area (TPSA) is 17.1 Å². The van der Waals surface area contributed by atoms with Crippen LogP contribution in [0.5, 0.6) is 0 Å². The van der Waals surface area contributed by atoms with E-state index in [-0.39, 0.29) is 5.78 Å². The van der Waals surface area contributed by atoms with Crippen LogP contribution in [0.3, 0.4) is 0 Å². The van der Waals surface area contributed by atoms with E-state index in [4.69, 9.17) is 11.6 Å². The molecule has 0 N–H and O–H groups in total. The van der Waals surface area contributed by atoms with E-state index in [9.17, 15) is 4.79 Å². The van der Waals surface area contributed by atoms with Gasteiger partial charge < -0.3 is 0 Å². The minimum atomic E-state index is 0.0993. The molecule has 0 saturated carbocycles. The molecule has 0 fully saturated rings. The Morgan fingerprint density at radius 3 is 2.53 bits per heavy atom. The number of carbonyl (C=O) groups is 1. The fourth-order valence-electron chi connectivity index (χ4n) is 1.95. The second kappa shape index (κ2) is 6.88. The van der Waals surface area contributed by atoms with Gasteiger partial charge >= 0.3 is 0 Å². The van der Waals surface area contributed by atoms with Gasteiger partial charge in [0, 0.05) is 16.5 Å². The Labute approximate surface area is 126 Å². The van der Waals surface area contributed by atoms with Crippen molar-refractivity contribution < 1.29 is 4.79 Å². The van der Waals surface area contributed by atoms with Crippen LogP contribution in [0, 0.1) is 0 Å². The first-order valence-corrected chi connectivity index (χ1v) is 7.36. The third-order valence-electron chi connectivity index (χ3n) is 2.96. The largest absolute Gasteiger partial charge is 0.294 e. The zero-order chi connectivity index (χ0) is 13.7. The lowest BCUT2D eigenvalue weighted by atomic mass is 10.0. The Bertz CT molecular complexity index is 566. The summed E-state index contributed by atoms with van der Waals surface area (Å²) < 4.78 is 0.767. The molecule has 0 bridgehead atoms. The summed E-state index contributed by atoms with van der Waals surface area (Å²) in [6.07, 6.45) is 2.27. The van der Waals surface area contributed by atoms with Crippen LogP contribution >= 0.6 is 27.5 Å². The molecule has 0 saturated heterocycles. The lowest BCUT2D eigenvalue weighted by molar-refractivity contribution is 0.0980. The zero-order valence-electron chi connectivity index (χ0n) is 10.4. The number of hydrogen-bond donors (Lipinski definition) is 0. The molecule has 0 heterocycles. The van der Waals surface area contributed by atoms with Crippen LogP contribution in [-0.4, -0.2) is 5.78 Å². The van der Waals surface area contributed by atoms with Crippen LogP contribution < -0.4 is 0 Å². The minimum absolute atomic E-state index is 0.0993. The molecule has 0 amide bonds. The Balaban J connectivity index is 1.93. The van der Waals surface area contributed by atoms with Gasteiger partial charge in [0.05, 0.1) is 5.02 Å². The van der Waals surface area contributed by atoms with Gasteiger partial charge in [0.25, 0.3) is 0 Å². The van der Waals surface area contributed by atoms with Crippen LogP contribution in [0.1, 0.15) is 28.8 Å². The van der Waals surface area contributed by atoms with E-state index in [0.717, 1.165) is 17.3 Å². The van der Waals surface area contributed by atoms with Gasteiger partial charge in [0.2, 0.25) is 0 Å². The molecule has 2 aromatic rings. The average molecular weight is 338 g/mol. The molecule has 0 unspecified atom stereocenters. The minimum Gasteiger partial charge on any atom is -0.294 e. The van der Waals surface area contributed by atoms with E-state index >= 15 is 0 Å². The van der Waals surface area contributed by atoms with E-state index in [1.807, 2.05) is 30.3 Å². The van der Waals surface area contributed by atoms with Crippen molar-refractivity contribution >= 4 is 33.3 Å². The summed E-state index contributed by atoms with van der Waals surface area (Å²) in [5, 5.41) is 0.507. The van der Waals surface area contributed by atoms with Crippen molar-refractivity contribution in [3.8, 4) is 0 Å². The first kappa shape index (κ1) is 14.3. The van der Waals surface area contributed by atoms with Crippen LogP contribution in [-0.2, 0) is 6.42 Å². The third-order valence-corrected chi connectivity index (χ3v) is 4.26. The maximum Gasteiger partial charge on any atom is 0.164 e. The molecule has 0 aliphatic heterocycles. The van der Waals surface area contributed by atoms with Crippen molar-refractivity contribution in [3.05, 3.63) is 69.2 Å². The predicted octanol–water partition coefficient (Wildman–Crippen LogP) is 5.31. The van der Waals surface area contributed by atoms with Crippen molar-refractivity contribution in [2.24, 2.45) is 0 Å². The van der Waals surface area contributed by atoms with Gasteiger partial charge in [-0.1, -0.05) is 48.0 Å². The Hall–Kier alpha value is -1.12. The van der Waals surface area contributed by atoms with Crippen LogP contribution in [0.25, 0.3) is 0 Å². The highest BCUT2D eigenvalue weighted by Gasteiger charge is 2.11. The van der Waals surface area contributed by atoms with Gasteiger partial charge in [0.1, 0.15) is 0 Å². The second-order valence-corrected chi connectivity index (χ2v) is 5.60. The van der Waals surface area contributed by atoms with E-state index in [1.165, 1.54) is 5.56 Å². The molecule has 0 aromatic heterocycles. The number of carbonyl (C=O) groups excluding carboxylic acids is 1. The average Bonchev–Trinajstić information content (AvgIpc) is 2.43. The van der Waals surface area contributed by atoms with Crippen molar-refractivity contribution in [2.45, 2.75) is 19.3 Å². The van der Waals surface area contributed by atoms with E-state index in [2.05, 4.69) is 28.1 Å². The molecule has 0 atom stereocenters. The molecule has 2 aromatic carbocycles. The number of aryl methyl sites for hydroxylation is 1. The van der Waals surface area contributed by atoms with Gasteiger partial charge in [-0.25, -0.2) is 0 Å². The number of Topliss-reactive ketones (excluding diaryl/α,β-unsaturated/α-hetero) is 1. The first-order chi connectivity index (χ1) is 9.18. The molecular formula is C16H14BrClO. The van der Waals surface area contributed by atoms with Crippen molar-refractivity contribution in [3.63, 3.8) is 0 Å². The molecule has 0 aliphatic carbocycles. The summed E-state index contributed by atoms with van der Waals surface area (Å²) in [5.74, 6) is 0.0993. The van der Waals surface area contributed by atoms with Crippen molar-refractivity contribution in [1.82, 2.24) is 0 Å². The van der Waals surface area contributed by atoms with Crippen molar-refractivity contribution in [1.29, 1.82) is 0 Å². The van der Waals surface area contributed by atoms with Crippen molar-refractivity contribution in [2.75, 3.05) is 0 Å². The van der Waals surface area contributed by atoms with Crippen LogP contribution in [0.15, 0.2) is 53.0 Å². The maximum atomic E-state index is 12.1. The quantitative estimate of drug-likeness (QED) is 0.676. The smallest absolute Gasteiger partial charge is 0.164 e. The Morgan fingerprint density at radius 2 is 1.79 bits per heavy atom. The molecular weight excluding hydrogens is 324 g/mol. The molecule has 0 spiro atoms. The summed E-state index contributed by atoms with van der Waals surface area (Å²) in [7, 11) is 0. The lowest BCUT2D eigenvalue weighted by Crippen LogP contribution is -2.01. The van der Waals surface area contributed by atoms with Gasteiger partial charge in [-0.05, 0) is 46.5 Å². The molecule has 98 valence electrons. The van der Waals surface area contributed by atoms with E-state index < -0.39 is 0 Å². The van der Waals surface area contributed by atoms with Gasteiger partial charge in [-0.2, -0.15) is 0 Å².